The number of hydrogen-bond donors (Lipinski definition) is 1. The third-order valence-electron chi connectivity index (χ3n) is 3.13. The van der Waals surface area contributed by atoms with E-state index in [4.69, 9.17) is 5.73 Å². The van der Waals surface area contributed by atoms with Gasteiger partial charge in [-0.15, -0.1) is 0 Å². The zero-order valence-electron chi connectivity index (χ0n) is 12.5. The predicted octanol–water partition coefficient (Wildman–Crippen LogP) is 4.03. The topological polar surface area (TPSA) is 29.3 Å². The van der Waals surface area contributed by atoms with Crippen molar-refractivity contribution in [2.75, 3.05) is 11.4 Å². The molecule has 2 nitrogen and oxygen atoms in total. The van der Waals surface area contributed by atoms with Crippen molar-refractivity contribution in [2.45, 2.75) is 46.5 Å². The standard InChI is InChI=1S/C15H23F3N2/c1-10(2)9-20(11(3)4)13-5-6-14(15(16,17)18)12(7-13)8-19/h5-7,10-11H,8-9,19H2,1-4H3. The molecule has 0 amide bonds. The summed E-state index contributed by atoms with van der Waals surface area (Å²) in [5, 5.41) is 0. The van der Waals surface area contributed by atoms with Gasteiger partial charge < -0.3 is 10.6 Å². The van der Waals surface area contributed by atoms with E-state index in [1.165, 1.54) is 6.07 Å². The van der Waals surface area contributed by atoms with Gasteiger partial charge >= 0.3 is 6.18 Å². The highest BCUT2D eigenvalue weighted by molar-refractivity contribution is 5.52. The Bertz CT molecular complexity index is 439. The lowest BCUT2D eigenvalue weighted by atomic mass is 10.0. The number of halogens is 3. The molecule has 0 saturated heterocycles. The van der Waals surface area contributed by atoms with Crippen molar-refractivity contribution in [1.29, 1.82) is 0 Å². The molecular formula is C15H23F3N2. The van der Waals surface area contributed by atoms with Crippen molar-refractivity contribution in [3.63, 3.8) is 0 Å². The van der Waals surface area contributed by atoms with E-state index >= 15 is 0 Å². The zero-order chi connectivity index (χ0) is 15.5. The van der Waals surface area contributed by atoms with Crippen LogP contribution in [0.25, 0.3) is 0 Å². The SMILES string of the molecule is CC(C)CN(c1ccc(C(F)(F)F)c(CN)c1)C(C)C. The van der Waals surface area contributed by atoms with E-state index in [0.29, 0.717) is 5.92 Å². The molecule has 2 N–H and O–H groups in total. The van der Waals surface area contributed by atoms with E-state index in [1.54, 1.807) is 6.07 Å². The van der Waals surface area contributed by atoms with E-state index < -0.39 is 11.7 Å². The van der Waals surface area contributed by atoms with Crippen LogP contribution in [0, 0.1) is 5.92 Å². The quantitative estimate of drug-likeness (QED) is 0.886. The van der Waals surface area contributed by atoms with Gasteiger partial charge in [0.15, 0.2) is 0 Å². The third-order valence-corrected chi connectivity index (χ3v) is 3.13. The van der Waals surface area contributed by atoms with Crippen LogP contribution in [0.4, 0.5) is 18.9 Å². The zero-order valence-corrected chi connectivity index (χ0v) is 12.5. The molecule has 0 saturated carbocycles. The molecule has 0 spiro atoms. The van der Waals surface area contributed by atoms with Crippen molar-refractivity contribution in [3.05, 3.63) is 29.3 Å². The highest BCUT2D eigenvalue weighted by atomic mass is 19.4. The van der Waals surface area contributed by atoms with Gasteiger partial charge in [0.25, 0.3) is 0 Å². The molecule has 0 aliphatic rings. The Hall–Kier alpha value is -1.23. The van der Waals surface area contributed by atoms with E-state index in [-0.39, 0.29) is 18.2 Å². The van der Waals surface area contributed by atoms with Gasteiger partial charge in [0.2, 0.25) is 0 Å². The van der Waals surface area contributed by atoms with Crippen LogP contribution in [0.2, 0.25) is 0 Å². The molecule has 114 valence electrons. The lowest BCUT2D eigenvalue weighted by Gasteiger charge is -2.31. The minimum Gasteiger partial charge on any atom is -0.369 e. The largest absolute Gasteiger partial charge is 0.416 e. The summed E-state index contributed by atoms with van der Waals surface area (Å²) in [5.41, 5.74) is 5.77. The molecule has 0 atom stereocenters. The maximum absolute atomic E-state index is 12.9. The first-order chi connectivity index (χ1) is 9.16. The van der Waals surface area contributed by atoms with Crippen LogP contribution >= 0.6 is 0 Å². The molecule has 20 heavy (non-hydrogen) atoms. The van der Waals surface area contributed by atoms with Crippen LogP contribution < -0.4 is 10.6 Å². The molecular weight excluding hydrogens is 265 g/mol. The first-order valence-corrected chi connectivity index (χ1v) is 6.83. The molecule has 1 aromatic carbocycles. The molecule has 1 aromatic rings. The number of nitrogens with two attached hydrogens (primary N) is 1. The highest BCUT2D eigenvalue weighted by Crippen LogP contribution is 2.34. The number of anilines is 1. The molecule has 0 fully saturated rings. The lowest BCUT2D eigenvalue weighted by Crippen LogP contribution is -2.34. The fraction of sp³-hybridized carbons (Fsp3) is 0.600. The summed E-state index contributed by atoms with van der Waals surface area (Å²) < 4.78 is 38.6. The average Bonchev–Trinajstić information content (AvgIpc) is 2.33. The number of nitrogens with zero attached hydrogens (tertiary/aromatic N) is 1. The van der Waals surface area contributed by atoms with E-state index in [9.17, 15) is 13.2 Å². The molecule has 0 aromatic heterocycles. The van der Waals surface area contributed by atoms with Gasteiger partial charge in [0.05, 0.1) is 5.56 Å². The second-order valence-corrected chi connectivity index (χ2v) is 5.68. The molecule has 0 radical (unpaired) electrons. The minimum absolute atomic E-state index is 0.115. The minimum atomic E-state index is -4.35. The van der Waals surface area contributed by atoms with Gasteiger partial charge in [-0.25, -0.2) is 0 Å². The van der Waals surface area contributed by atoms with Gasteiger partial charge in [-0.3, -0.25) is 0 Å². The van der Waals surface area contributed by atoms with Crippen molar-refractivity contribution in [2.24, 2.45) is 11.7 Å². The maximum Gasteiger partial charge on any atom is 0.416 e. The monoisotopic (exact) mass is 288 g/mol. The summed E-state index contributed by atoms with van der Waals surface area (Å²) in [6.45, 7) is 8.92. The number of alkyl halides is 3. The molecule has 0 aliphatic carbocycles. The van der Waals surface area contributed by atoms with E-state index in [2.05, 4.69) is 18.7 Å². The Labute approximate surface area is 118 Å². The van der Waals surface area contributed by atoms with Crippen LogP contribution in [0.15, 0.2) is 18.2 Å². The van der Waals surface area contributed by atoms with Gasteiger partial charge in [0, 0.05) is 24.8 Å². The van der Waals surface area contributed by atoms with Crippen molar-refractivity contribution < 1.29 is 13.2 Å². The van der Waals surface area contributed by atoms with Crippen molar-refractivity contribution >= 4 is 5.69 Å². The summed E-state index contributed by atoms with van der Waals surface area (Å²) in [6, 6.07) is 4.45. The Morgan fingerprint density at radius 1 is 1.15 bits per heavy atom. The number of rotatable bonds is 5. The Balaban J connectivity index is 3.19. The molecule has 0 aliphatic heterocycles. The van der Waals surface area contributed by atoms with Gasteiger partial charge in [-0.1, -0.05) is 13.8 Å². The Morgan fingerprint density at radius 3 is 2.15 bits per heavy atom. The predicted molar refractivity (Wildman–Crippen MR) is 76.7 cm³/mol. The summed E-state index contributed by atoms with van der Waals surface area (Å²) in [7, 11) is 0. The van der Waals surface area contributed by atoms with Crippen LogP contribution in [-0.2, 0) is 12.7 Å². The molecule has 0 heterocycles. The van der Waals surface area contributed by atoms with E-state index in [1.807, 2.05) is 13.8 Å². The fourth-order valence-corrected chi connectivity index (χ4v) is 2.21. The average molecular weight is 288 g/mol. The summed E-state index contributed by atoms with van der Waals surface area (Å²) in [4.78, 5) is 2.10. The fourth-order valence-electron chi connectivity index (χ4n) is 2.21. The number of benzene rings is 1. The molecule has 0 unspecified atom stereocenters. The van der Waals surface area contributed by atoms with Gasteiger partial charge in [-0.05, 0) is 43.5 Å². The summed E-state index contributed by atoms with van der Waals surface area (Å²) >= 11 is 0. The smallest absolute Gasteiger partial charge is 0.369 e. The van der Waals surface area contributed by atoms with Crippen LogP contribution in [0.3, 0.4) is 0 Å². The lowest BCUT2D eigenvalue weighted by molar-refractivity contribution is -0.138. The van der Waals surface area contributed by atoms with Crippen LogP contribution in [0.5, 0.6) is 0 Å². The van der Waals surface area contributed by atoms with Crippen LogP contribution in [-0.4, -0.2) is 12.6 Å². The normalized spacial score (nSPS) is 12.3. The first-order valence-electron chi connectivity index (χ1n) is 6.83. The Morgan fingerprint density at radius 2 is 1.75 bits per heavy atom. The highest BCUT2D eigenvalue weighted by Gasteiger charge is 2.33. The second-order valence-electron chi connectivity index (χ2n) is 5.68. The van der Waals surface area contributed by atoms with Crippen molar-refractivity contribution in [3.8, 4) is 0 Å². The molecule has 1 rings (SSSR count). The van der Waals surface area contributed by atoms with Crippen LogP contribution in [0.1, 0.15) is 38.8 Å². The second kappa shape index (κ2) is 6.48. The van der Waals surface area contributed by atoms with Gasteiger partial charge in [0.1, 0.15) is 0 Å². The molecule has 5 heteroatoms. The first kappa shape index (κ1) is 16.8. The number of hydrogen-bond acceptors (Lipinski definition) is 2. The maximum atomic E-state index is 12.9. The van der Waals surface area contributed by atoms with Gasteiger partial charge in [-0.2, -0.15) is 13.2 Å². The summed E-state index contributed by atoms with van der Waals surface area (Å²) in [5.74, 6) is 0.431. The third kappa shape index (κ3) is 4.13. The summed E-state index contributed by atoms with van der Waals surface area (Å²) in [6.07, 6.45) is -4.35. The van der Waals surface area contributed by atoms with E-state index in [0.717, 1.165) is 18.3 Å². The van der Waals surface area contributed by atoms with Crippen molar-refractivity contribution in [1.82, 2.24) is 0 Å². The Kier molecular flexibility index (Phi) is 5.45. The molecule has 0 bridgehead atoms.